The molecule has 1 spiro atoms. The van der Waals surface area contributed by atoms with Gasteiger partial charge in [-0.2, -0.15) is 0 Å². The monoisotopic (exact) mass is 279 g/mol. The zero-order valence-electron chi connectivity index (χ0n) is 12.0. The Morgan fingerprint density at radius 3 is 2.30 bits per heavy atom. The molecule has 1 aliphatic carbocycles. The first-order valence-corrected chi connectivity index (χ1v) is 7.39. The molecule has 0 bridgehead atoms. The van der Waals surface area contributed by atoms with Gasteiger partial charge in [0.05, 0.1) is 0 Å². The third-order valence-electron chi connectivity index (χ3n) is 4.56. The van der Waals surface area contributed by atoms with Crippen LogP contribution in [0.4, 0.5) is 4.79 Å². The second-order valence-electron chi connectivity index (χ2n) is 6.38. The molecule has 20 heavy (non-hydrogen) atoms. The smallest absolute Gasteiger partial charge is 0.325 e. The van der Waals surface area contributed by atoms with Gasteiger partial charge in [-0.1, -0.05) is 0 Å². The Balaban J connectivity index is 1.69. The van der Waals surface area contributed by atoms with Gasteiger partial charge in [0.2, 0.25) is 5.91 Å². The van der Waals surface area contributed by atoms with E-state index >= 15 is 0 Å². The average Bonchev–Trinajstić information content (AvgIpc) is 3.19. The van der Waals surface area contributed by atoms with Crippen molar-refractivity contribution in [1.82, 2.24) is 15.1 Å². The molecule has 110 valence electrons. The van der Waals surface area contributed by atoms with Gasteiger partial charge in [0.1, 0.15) is 5.54 Å². The van der Waals surface area contributed by atoms with Crippen molar-refractivity contribution in [3.8, 4) is 0 Å². The molecule has 3 aliphatic rings. The third-order valence-corrected chi connectivity index (χ3v) is 4.56. The van der Waals surface area contributed by atoms with Gasteiger partial charge in [0, 0.05) is 25.0 Å². The van der Waals surface area contributed by atoms with E-state index in [9.17, 15) is 14.4 Å². The molecule has 0 unspecified atom stereocenters. The lowest BCUT2D eigenvalue weighted by Gasteiger charge is -2.37. The zero-order valence-corrected chi connectivity index (χ0v) is 12.0. The van der Waals surface area contributed by atoms with Crippen LogP contribution in [-0.4, -0.2) is 52.3 Å². The number of imide groups is 1. The largest absolute Gasteiger partial charge is 0.342 e. The average molecular weight is 279 g/mol. The molecule has 0 radical (unpaired) electrons. The molecule has 0 atom stereocenters. The fourth-order valence-electron chi connectivity index (χ4n) is 3.15. The van der Waals surface area contributed by atoms with Crippen LogP contribution in [0, 0.1) is 5.92 Å². The number of hydrogen-bond donors (Lipinski definition) is 1. The molecule has 2 saturated heterocycles. The van der Waals surface area contributed by atoms with E-state index in [1.54, 1.807) is 0 Å². The number of amides is 4. The van der Waals surface area contributed by atoms with Crippen molar-refractivity contribution < 1.29 is 14.4 Å². The predicted octanol–water partition coefficient (Wildman–Crippen LogP) is 0.718. The van der Waals surface area contributed by atoms with Gasteiger partial charge in [0.15, 0.2) is 0 Å². The van der Waals surface area contributed by atoms with E-state index in [1.807, 2.05) is 18.7 Å². The number of piperidine rings is 1. The van der Waals surface area contributed by atoms with Gasteiger partial charge < -0.3 is 10.2 Å². The number of carbonyl (C=O) groups is 3. The molecule has 3 fully saturated rings. The summed E-state index contributed by atoms with van der Waals surface area (Å²) in [5.74, 6) is 0.304. The summed E-state index contributed by atoms with van der Waals surface area (Å²) < 4.78 is 0. The molecule has 6 nitrogen and oxygen atoms in total. The molecule has 4 amide bonds. The van der Waals surface area contributed by atoms with E-state index in [0.717, 1.165) is 12.8 Å². The van der Waals surface area contributed by atoms with E-state index in [0.29, 0.717) is 25.9 Å². The molecule has 0 aromatic heterocycles. The number of hydrogen-bond acceptors (Lipinski definition) is 3. The minimum absolute atomic E-state index is 0.129. The van der Waals surface area contributed by atoms with Gasteiger partial charge >= 0.3 is 6.03 Å². The van der Waals surface area contributed by atoms with Gasteiger partial charge in [0.25, 0.3) is 5.91 Å². The van der Waals surface area contributed by atoms with Gasteiger partial charge in [-0.25, -0.2) is 4.79 Å². The summed E-state index contributed by atoms with van der Waals surface area (Å²) in [6, 6.07) is -0.431. The molecule has 1 saturated carbocycles. The topological polar surface area (TPSA) is 69.7 Å². The fourth-order valence-corrected chi connectivity index (χ4v) is 3.15. The van der Waals surface area contributed by atoms with Crippen LogP contribution >= 0.6 is 0 Å². The van der Waals surface area contributed by atoms with Crippen LogP contribution < -0.4 is 5.32 Å². The normalized spacial score (nSPS) is 25.6. The van der Waals surface area contributed by atoms with Crippen molar-refractivity contribution in [2.45, 2.75) is 51.1 Å². The van der Waals surface area contributed by atoms with Crippen molar-refractivity contribution >= 4 is 17.8 Å². The van der Waals surface area contributed by atoms with Gasteiger partial charge in [-0.05, 0) is 39.5 Å². The Morgan fingerprint density at radius 1 is 1.25 bits per heavy atom. The summed E-state index contributed by atoms with van der Waals surface area (Å²) >= 11 is 0. The predicted molar refractivity (Wildman–Crippen MR) is 71.8 cm³/mol. The lowest BCUT2D eigenvalue weighted by Crippen LogP contribution is -2.56. The number of rotatable bonds is 2. The van der Waals surface area contributed by atoms with E-state index in [4.69, 9.17) is 0 Å². The quantitative estimate of drug-likeness (QED) is 0.757. The minimum Gasteiger partial charge on any atom is -0.342 e. The van der Waals surface area contributed by atoms with Crippen molar-refractivity contribution in [2.24, 2.45) is 5.92 Å². The molecule has 6 heteroatoms. The summed E-state index contributed by atoms with van der Waals surface area (Å²) in [6.07, 6.45) is 3.05. The van der Waals surface area contributed by atoms with Gasteiger partial charge in [-0.15, -0.1) is 0 Å². The fraction of sp³-hybridized carbons (Fsp3) is 0.786. The Kier molecular flexibility index (Phi) is 2.99. The van der Waals surface area contributed by atoms with Crippen LogP contribution in [0.25, 0.3) is 0 Å². The van der Waals surface area contributed by atoms with Crippen molar-refractivity contribution in [2.75, 3.05) is 13.1 Å². The SMILES string of the molecule is CC(C)N1C(=O)NC2(CCN(C(=O)C3CC3)CC2)C1=O. The number of nitrogens with one attached hydrogen (secondary N) is 1. The van der Waals surface area contributed by atoms with Crippen LogP contribution in [0.2, 0.25) is 0 Å². The van der Waals surface area contributed by atoms with Crippen molar-refractivity contribution in [1.29, 1.82) is 0 Å². The summed E-state index contributed by atoms with van der Waals surface area (Å²) in [7, 11) is 0. The summed E-state index contributed by atoms with van der Waals surface area (Å²) in [6.45, 7) is 4.80. The highest BCUT2D eigenvalue weighted by Crippen LogP contribution is 2.35. The first-order chi connectivity index (χ1) is 9.44. The zero-order chi connectivity index (χ0) is 14.5. The van der Waals surface area contributed by atoms with Crippen LogP contribution in [0.1, 0.15) is 39.5 Å². The standard InChI is InChI=1S/C14H21N3O3/c1-9(2)17-12(19)14(15-13(17)20)5-7-16(8-6-14)11(18)10-3-4-10/h9-10H,3-8H2,1-2H3,(H,15,20). The van der Waals surface area contributed by atoms with E-state index < -0.39 is 5.54 Å². The van der Waals surface area contributed by atoms with Gasteiger partial charge in [-0.3, -0.25) is 14.5 Å². The molecule has 0 aromatic carbocycles. The molecular formula is C14H21N3O3. The van der Waals surface area contributed by atoms with Crippen LogP contribution in [-0.2, 0) is 9.59 Å². The maximum absolute atomic E-state index is 12.5. The van der Waals surface area contributed by atoms with Crippen LogP contribution in [0.15, 0.2) is 0 Å². The van der Waals surface area contributed by atoms with Crippen LogP contribution in [0.3, 0.4) is 0 Å². The minimum atomic E-state index is -0.776. The highest BCUT2D eigenvalue weighted by Gasteiger charge is 2.53. The Bertz CT molecular complexity index is 462. The first-order valence-electron chi connectivity index (χ1n) is 7.39. The van der Waals surface area contributed by atoms with Crippen LogP contribution in [0.5, 0.6) is 0 Å². The number of urea groups is 1. The number of nitrogens with zero attached hydrogens (tertiary/aromatic N) is 2. The van der Waals surface area contributed by atoms with E-state index in [1.165, 1.54) is 4.90 Å². The number of likely N-dealkylation sites (tertiary alicyclic amines) is 1. The highest BCUT2D eigenvalue weighted by molar-refractivity contribution is 6.07. The summed E-state index contributed by atoms with van der Waals surface area (Å²) in [4.78, 5) is 39.6. The lowest BCUT2D eigenvalue weighted by atomic mass is 9.87. The summed E-state index contributed by atoms with van der Waals surface area (Å²) in [5, 5.41) is 2.85. The molecule has 0 aromatic rings. The second-order valence-corrected chi connectivity index (χ2v) is 6.38. The molecule has 2 heterocycles. The van der Waals surface area contributed by atoms with Crippen molar-refractivity contribution in [3.63, 3.8) is 0 Å². The maximum Gasteiger partial charge on any atom is 0.325 e. The summed E-state index contributed by atoms with van der Waals surface area (Å²) in [5.41, 5.74) is -0.776. The molecule has 3 rings (SSSR count). The lowest BCUT2D eigenvalue weighted by molar-refractivity contribution is -0.139. The first kappa shape index (κ1) is 13.4. The molecule has 2 aliphatic heterocycles. The van der Waals surface area contributed by atoms with E-state index in [-0.39, 0.29) is 29.8 Å². The highest BCUT2D eigenvalue weighted by atomic mass is 16.2. The van der Waals surface area contributed by atoms with Crippen molar-refractivity contribution in [3.05, 3.63) is 0 Å². The molecular weight excluding hydrogens is 258 g/mol. The Hall–Kier alpha value is -1.59. The third kappa shape index (κ3) is 1.98. The number of carbonyl (C=O) groups excluding carboxylic acids is 3. The van der Waals surface area contributed by atoms with E-state index in [2.05, 4.69) is 5.32 Å². The molecule has 1 N–H and O–H groups in total. The Labute approximate surface area is 118 Å². The second kappa shape index (κ2) is 4.46. The Morgan fingerprint density at radius 2 is 1.85 bits per heavy atom. The maximum atomic E-state index is 12.5.